The van der Waals surface area contributed by atoms with E-state index < -0.39 is 5.82 Å². The Bertz CT molecular complexity index is 653. The van der Waals surface area contributed by atoms with E-state index >= 15 is 0 Å². The number of nitrogens with one attached hydrogen (secondary N) is 1. The molecule has 1 amide bonds. The Balaban J connectivity index is 2.36. The van der Waals surface area contributed by atoms with E-state index in [1.54, 1.807) is 0 Å². The lowest BCUT2D eigenvalue weighted by atomic mass is 10.1. The molecule has 0 aliphatic rings. The van der Waals surface area contributed by atoms with Crippen molar-refractivity contribution in [2.45, 2.75) is 13.8 Å². The van der Waals surface area contributed by atoms with Crippen molar-refractivity contribution in [3.8, 4) is 11.4 Å². The minimum Gasteiger partial charge on any atom is -0.335 e. The van der Waals surface area contributed by atoms with Crippen LogP contribution in [0.15, 0.2) is 30.4 Å². The van der Waals surface area contributed by atoms with Crippen LogP contribution in [-0.2, 0) is 0 Å². The number of H-pyrrole nitrogens is 1. The van der Waals surface area contributed by atoms with Crippen LogP contribution in [0.5, 0.6) is 0 Å². The number of hydrogen-bond donors (Lipinski definition) is 1. The predicted octanol–water partition coefficient (Wildman–Crippen LogP) is 2.04. The molecule has 0 atom stereocenters. The molecule has 6 nitrogen and oxygen atoms in total. The Morgan fingerprint density at radius 3 is 2.81 bits per heavy atom. The molecule has 2 rings (SSSR count). The third kappa shape index (κ3) is 3.31. The summed E-state index contributed by atoms with van der Waals surface area (Å²) >= 11 is 0. The third-order valence-corrected chi connectivity index (χ3v) is 2.93. The van der Waals surface area contributed by atoms with Gasteiger partial charge in [0.05, 0.1) is 5.56 Å². The number of halogens is 1. The molecule has 7 heteroatoms. The number of likely N-dealkylation sites (N-methyl/N-ethyl adjacent to an activating group) is 1. The lowest BCUT2D eigenvalue weighted by molar-refractivity contribution is 0.0773. The topological polar surface area (TPSA) is 74.8 Å². The van der Waals surface area contributed by atoms with Crippen molar-refractivity contribution in [1.29, 1.82) is 0 Å². The summed E-state index contributed by atoms with van der Waals surface area (Å²) in [5.41, 5.74) is 1.35. The van der Waals surface area contributed by atoms with Crippen molar-refractivity contribution >= 4 is 5.91 Å². The van der Waals surface area contributed by atoms with Crippen molar-refractivity contribution in [3.05, 3.63) is 41.7 Å². The van der Waals surface area contributed by atoms with Crippen molar-refractivity contribution in [3.63, 3.8) is 0 Å². The lowest BCUT2D eigenvalue weighted by Crippen LogP contribution is -2.32. The molecule has 1 N–H and O–H groups in total. The minimum absolute atomic E-state index is 0.0135. The average Bonchev–Trinajstić information content (AvgIpc) is 2.98. The van der Waals surface area contributed by atoms with Crippen LogP contribution in [0.3, 0.4) is 0 Å². The van der Waals surface area contributed by atoms with Gasteiger partial charge in [0.15, 0.2) is 0 Å². The Labute approximate surface area is 121 Å². The van der Waals surface area contributed by atoms with Gasteiger partial charge in [-0.2, -0.15) is 5.21 Å². The number of aromatic amines is 1. The first-order chi connectivity index (χ1) is 10.0. The number of tetrazole rings is 1. The number of hydrogen-bond acceptors (Lipinski definition) is 4. The second-order valence-corrected chi connectivity index (χ2v) is 4.71. The molecular formula is C14H16FN5O. The standard InChI is InChI=1S/C14H16FN5O/c1-4-20(8-9(2)3)14(21)11-7-10(5-6-12(11)15)13-16-18-19-17-13/h5-7H,2,4,8H2,1,3H3,(H,16,17,18,19). The number of benzene rings is 1. The molecule has 1 aromatic carbocycles. The molecular weight excluding hydrogens is 273 g/mol. The molecule has 0 unspecified atom stereocenters. The minimum atomic E-state index is -0.576. The molecule has 110 valence electrons. The fraction of sp³-hybridized carbons (Fsp3) is 0.286. The van der Waals surface area contributed by atoms with Crippen molar-refractivity contribution in [2.24, 2.45) is 0 Å². The highest BCUT2D eigenvalue weighted by Crippen LogP contribution is 2.19. The van der Waals surface area contributed by atoms with Gasteiger partial charge in [0, 0.05) is 18.7 Å². The number of nitrogens with zero attached hydrogens (tertiary/aromatic N) is 4. The predicted molar refractivity (Wildman–Crippen MR) is 76.0 cm³/mol. The van der Waals surface area contributed by atoms with E-state index in [0.29, 0.717) is 24.5 Å². The van der Waals surface area contributed by atoms with E-state index in [9.17, 15) is 9.18 Å². The molecule has 0 saturated carbocycles. The SMILES string of the molecule is C=C(C)CN(CC)C(=O)c1cc(-c2nn[nH]n2)ccc1F. The maximum Gasteiger partial charge on any atom is 0.257 e. The normalized spacial score (nSPS) is 10.4. The molecule has 0 radical (unpaired) electrons. The molecule has 0 aliphatic carbocycles. The molecule has 1 aromatic heterocycles. The lowest BCUT2D eigenvalue weighted by Gasteiger charge is -2.21. The van der Waals surface area contributed by atoms with Gasteiger partial charge in [0.1, 0.15) is 5.82 Å². The summed E-state index contributed by atoms with van der Waals surface area (Å²) in [4.78, 5) is 14.0. The molecule has 0 aliphatic heterocycles. The van der Waals surface area contributed by atoms with Gasteiger partial charge in [-0.05, 0) is 37.3 Å². The van der Waals surface area contributed by atoms with Crippen LogP contribution < -0.4 is 0 Å². The van der Waals surface area contributed by atoms with Crippen LogP contribution in [0.4, 0.5) is 4.39 Å². The molecule has 0 fully saturated rings. The first-order valence-electron chi connectivity index (χ1n) is 6.50. The molecule has 0 bridgehead atoms. The van der Waals surface area contributed by atoms with E-state index in [0.717, 1.165) is 5.57 Å². The van der Waals surface area contributed by atoms with Gasteiger partial charge >= 0.3 is 0 Å². The summed E-state index contributed by atoms with van der Waals surface area (Å²) in [6.45, 7) is 8.30. The maximum absolute atomic E-state index is 14.0. The smallest absolute Gasteiger partial charge is 0.257 e. The van der Waals surface area contributed by atoms with Gasteiger partial charge in [-0.1, -0.05) is 12.2 Å². The summed E-state index contributed by atoms with van der Waals surface area (Å²) in [6.07, 6.45) is 0. The second kappa shape index (κ2) is 6.25. The van der Waals surface area contributed by atoms with Crippen molar-refractivity contribution in [2.75, 3.05) is 13.1 Å². The molecule has 2 aromatic rings. The van der Waals surface area contributed by atoms with Gasteiger partial charge in [-0.3, -0.25) is 4.79 Å². The second-order valence-electron chi connectivity index (χ2n) is 4.71. The largest absolute Gasteiger partial charge is 0.335 e. The summed E-state index contributed by atoms with van der Waals surface area (Å²) in [5.74, 6) is -0.650. The molecule has 1 heterocycles. The molecule has 21 heavy (non-hydrogen) atoms. The van der Waals surface area contributed by atoms with Crippen molar-refractivity contribution in [1.82, 2.24) is 25.5 Å². The molecule has 0 spiro atoms. The van der Waals surface area contributed by atoms with Crippen LogP contribution >= 0.6 is 0 Å². The Morgan fingerprint density at radius 1 is 1.48 bits per heavy atom. The summed E-state index contributed by atoms with van der Waals surface area (Å²) in [5, 5.41) is 13.4. The first-order valence-corrected chi connectivity index (χ1v) is 6.50. The van der Waals surface area contributed by atoms with Gasteiger partial charge < -0.3 is 4.90 Å². The fourth-order valence-corrected chi connectivity index (χ4v) is 1.94. The molecule has 0 saturated heterocycles. The Kier molecular flexibility index (Phi) is 4.42. The monoisotopic (exact) mass is 289 g/mol. The summed E-state index contributed by atoms with van der Waals surface area (Å²) in [6, 6.07) is 4.17. The van der Waals surface area contributed by atoms with E-state index in [4.69, 9.17) is 0 Å². The fourth-order valence-electron chi connectivity index (χ4n) is 1.94. The average molecular weight is 289 g/mol. The summed E-state index contributed by atoms with van der Waals surface area (Å²) in [7, 11) is 0. The number of rotatable bonds is 5. The van der Waals surface area contributed by atoms with Crippen LogP contribution in [0, 0.1) is 5.82 Å². The zero-order chi connectivity index (χ0) is 15.4. The number of amides is 1. The van der Waals surface area contributed by atoms with E-state index in [1.165, 1.54) is 23.1 Å². The maximum atomic E-state index is 14.0. The van der Waals surface area contributed by atoms with Crippen LogP contribution in [-0.4, -0.2) is 44.5 Å². The van der Waals surface area contributed by atoms with Gasteiger partial charge in [0.25, 0.3) is 5.91 Å². The van der Waals surface area contributed by atoms with Crippen LogP contribution in [0.1, 0.15) is 24.2 Å². The zero-order valence-electron chi connectivity index (χ0n) is 11.9. The zero-order valence-corrected chi connectivity index (χ0v) is 11.9. The van der Waals surface area contributed by atoms with Crippen LogP contribution in [0.25, 0.3) is 11.4 Å². The van der Waals surface area contributed by atoms with Crippen molar-refractivity contribution < 1.29 is 9.18 Å². The number of carbonyl (C=O) groups is 1. The van der Waals surface area contributed by atoms with E-state index in [1.807, 2.05) is 13.8 Å². The van der Waals surface area contributed by atoms with Crippen LogP contribution in [0.2, 0.25) is 0 Å². The van der Waals surface area contributed by atoms with Gasteiger partial charge in [0.2, 0.25) is 5.82 Å². The Hall–Kier alpha value is -2.57. The van der Waals surface area contributed by atoms with E-state index in [2.05, 4.69) is 27.2 Å². The highest BCUT2D eigenvalue weighted by Gasteiger charge is 2.19. The quantitative estimate of drug-likeness (QED) is 0.855. The Morgan fingerprint density at radius 2 is 2.24 bits per heavy atom. The number of aromatic nitrogens is 4. The van der Waals surface area contributed by atoms with E-state index in [-0.39, 0.29) is 11.5 Å². The first kappa shape index (κ1) is 14.8. The highest BCUT2D eigenvalue weighted by atomic mass is 19.1. The van der Waals surface area contributed by atoms with Gasteiger partial charge in [-0.25, -0.2) is 4.39 Å². The number of carbonyl (C=O) groups excluding carboxylic acids is 1. The highest BCUT2D eigenvalue weighted by molar-refractivity contribution is 5.95. The third-order valence-electron chi connectivity index (χ3n) is 2.93. The summed E-state index contributed by atoms with van der Waals surface area (Å²) < 4.78 is 14.0. The van der Waals surface area contributed by atoms with Gasteiger partial charge in [-0.15, -0.1) is 10.2 Å².